The molecule has 3 unspecified atom stereocenters. The number of anilines is 2. The van der Waals surface area contributed by atoms with Gasteiger partial charge in [0.1, 0.15) is 11.9 Å². The molecule has 0 aliphatic heterocycles. The van der Waals surface area contributed by atoms with E-state index in [4.69, 9.17) is 11.0 Å². The van der Waals surface area contributed by atoms with Crippen molar-refractivity contribution in [2.45, 2.75) is 39.2 Å². The maximum atomic E-state index is 8.78. The third-order valence-corrected chi connectivity index (χ3v) is 4.12. The molecule has 1 heterocycles. The monoisotopic (exact) mass is 244 g/mol. The topological polar surface area (TPSA) is 74.7 Å². The number of pyridine rings is 1. The molecule has 3 N–H and O–H groups in total. The van der Waals surface area contributed by atoms with Crippen LogP contribution in [0.15, 0.2) is 12.3 Å². The Morgan fingerprint density at radius 1 is 1.56 bits per heavy atom. The van der Waals surface area contributed by atoms with Gasteiger partial charge < -0.3 is 11.1 Å². The molecule has 0 amide bonds. The highest BCUT2D eigenvalue weighted by Gasteiger charge is 2.31. The molecule has 1 saturated carbocycles. The van der Waals surface area contributed by atoms with Crippen LogP contribution in [0.2, 0.25) is 0 Å². The lowest BCUT2D eigenvalue weighted by Gasteiger charge is -2.22. The van der Waals surface area contributed by atoms with Gasteiger partial charge in [-0.1, -0.05) is 20.3 Å². The maximum absolute atomic E-state index is 8.78. The maximum Gasteiger partial charge on any atom is 0.149 e. The van der Waals surface area contributed by atoms with E-state index >= 15 is 0 Å². The lowest BCUT2D eigenvalue weighted by molar-refractivity contribution is 0.391. The molecular formula is C14H20N4. The van der Waals surface area contributed by atoms with E-state index in [2.05, 4.69) is 24.1 Å². The van der Waals surface area contributed by atoms with Crippen molar-refractivity contribution in [1.29, 1.82) is 5.26 Å². The van der Waals surface area contributed by atoms with Crippen molar-refractivity contribution in [2.24, 2.45) is 11.8 Å². The summed E-state index contributed by atoms with van der Waals surface area (Å²) in [5.74, 6) is 2.15. The molecule has 1 aliphatic rings. The molecule has 1 fully saturated rings. The van der Waals surface area contributed by atoms with Gasteiger partial charge in [0.05, 0.1) is 11.3 Å². The Morgan fingerprint density at radius 3 is 2.89 bits per heavy atom. The second-order valence-electron chi connectivity index (χ2n) is 5.13. The lowest BCUT2D eigenvalue weighted by atomic mass is 9.93. The SMILES string of the molecule is CCC1CCC(Nc2ncc(C#N)cc2N)C1C. The van der Waals surface area contributed by atoms with E-state index in [0.29, 0.717) is 29.0 Å². The van der Waals surface area contributed by atoms with Crippen LogP contribution in [-0.4, -0.2) is 11.0 Å². The highest BCUT2D eigenvalue weighted by atomic mass is 15.0. The summed E-state index contributed by atoms with van der Waals surface area (Å²) in [6, 6.07) is 4.16. The molecule has 0 spiro atoms. The Hall–Kier alpha value is -1.76. The highest BCUT2D eigenvalue weighted by molar-refractivity contribution is 5.63. The lowest BCUT2D eigenvalue weighted by Crippen LogP contribution is -2.25. The van der Waals surface area contributed by atoms with Crippen LogP contribution in [0.1, 0.15) is 38.7 Å². The molecule has 0 bridgehead atoms. The van der Waals surface area contributed by atoms with Gasteiger partial charge in [0.2, 0.25) is 0 Å². The summed E-state index contributed by atoms with van der Waals surface area (Å²) in [7, 11) is 0. The second kappa shape index (κ2) is 5.26. The fourth-order valence-electron chi connectivity index (χ4n) is 2.87. The van der Waals surface area contributed by atoms with Crippen molar-refractivity contribution in [3.63, 3.8) is 0 Å². The quantitative estimate of drug-likeness (QED) is 0.857. The van der Waals surface area contributed by atoms with Gasteiger partial charge in [0.25, 0.3) is 0 Å². The van der Waals surface area contributed by atoms with E-state index in [1.54, 1.807) is 12.3 Å². The Morgan fingerprint density at radius 2 is 2.33 bits per heavy atom. The van der Waals surface area contributed by atoms with Crippen LogP contribution in [-0.2, 0) is 0 Å². The first-order valence-electron chi connectivity index (χ1n) is 6.57. The minimum absolute atomic E-state index is 0.442. The molecule has 1 aliphatic carbocycles. The molecule has 2 rings (SSSR count). The summed E-state index contributed by atoms with van der Waals surface area (Å²) in [6.07, 6.45) is 5.23. The van der Waals surface area contributed by atoms with Crippen LogP contribution in [0.3, 0.4) is 0 Å². The first kappa shape index (κ1) is 12.7. The zero-order chi connectivity index (χ0) is 13.1. The zero-order valence-corrected chi connectivity index (χ0v) is 11.0. The molecular weight excluding hydrogens is 224 g/mol. The van der Waals surface area contributed by atoms with Crippen LogP contribution in [0, 0.1) is 23.2 Å². The number of nitriles is 1. The molecule has 4 heteroatoms. The first-order valence-corrected chi connectivity index (χ1v) is 6.57. The van der Waals surface area contributed by atoms with Gasteiger partial charge in [-0.05, 0) is 30.7 Å². The third kappa shape index (κ3) is 2.40. The first-order chi connectivity index (χ1) is 8.65. The normalized spacial score (nSPS) is 26.8. The van der Waals surface area contributed by atoms with Crippen molar-refractivity contribution in [2.75, 3.05) is 11.1 Å². The van der Waals surface area contributed by atoms with Gasteiger partial charge in [-0.2, -0.15) is 5.26 Å². The Kier molecular flexibility index (Phi) is 3.71. The van der Waals surface area contributed by atoms with Crippen LogP contribution >= 0.6 is 0 Å². The van der Waals surface area contributed by atoms with Crippen LogP contribution < -0.4 is 11.1 Å². The summed E-state index contributed by atoms with van der Waals surface area (Å²) in [4.78, 5) is 4.24. The summed E-state index contributed by atoms with van der Waals surface area (Å²) in [5, 5.41) is 12.2. The number of hydrogen-bond donors (Lipinski definition) is 2. The summed E-state index contributed by atoms with van der Waals surface area (Å²) in [5.41, 5.74) is 6.97. The van der Waals surface area contributed by atoms with E-state index in [0.717, 1.165) is 5.92 Å². The Bertz CT molecular complexity index is 463. The standard InChI is InChI=1S/C14H20N4/c1-3-11-4-5-13(9(11)2)18-14-12(16)6-10(7-15)8-17-14/h6,8-9,11,13H,3-5,16H2,1-2H3,(H,17,18). The van der Waals surface area contributed by atoms with E-state index in [1.807, 2.05) is 6.07 Å². The van der Waals surface area contributed by atoms with E-state index in [-0.39, 0.29) is 0 Å². The highest BCUT2D eigenvalue weighted by Crippen LogP contribution is 2.36. The summed E-state index contributed by atoms with van der Waals surface area (Å²) in [6.45, 7) is 4.54. The van der Waals surface area contributed by atoms with Gasteiger partial charge in [-0.3, -0.25) is 0 Å². The number of rotatable bonds is 3. The van der Waals surface area contributed by atoms with Crippen molar-refractivity contribution < 1.29 is 0 Å². The molecule has 0 aromatic carbocycles. The third-order valence-electron chi connectivity index (χ3n) is 4.12. The van der Waals surface area contributed by atoms with Gasteiger partial charge >= 0.3 is 0 Å². The Balaban J connectivity index is 2.09. The van der Waals surface area contributed by atoms with Crippen molar-refractivity contribution in [3.05, 3.63) is 17.8 Å². The minimum atomic E-state index is 0.442. The smallest absolute Gasteiger partial charge is 0.149 e. The fraction of sp³-hybridized carbons (Fsp3) is 0.571. The number of aromatic nitrogens is 1. The van der Waals surface area contributed by atoms with Gasteiger partial charge in [-0.15, -0.1) is 0 Å². The molecule has 96 valence electrons. The number of nitrogens with one attached hydrogen (secondary N) is 1. The Labute approximate surface area is 108 Å². The minimum Gasteiger partial charge on any atom is -0.396 e. The largest absolute Gasteiger partial charge is 0.396 e. The van der Waals surface area contributed by atoms with Gasteiger partial charge in [-0.25, -0.2) is 4.98 Å². The molecule has 3 atom stereocenters. The molecule has 0 radical (unpaired) electrons. The number of hydrogen-bond acceptors (Lipinski definition) is 4. The molecule has 4 nitrogen and oxygen atoms in total. The van der Waals surface area contributed by atoms with E-state index in [9.17, 15) is 0 Å². The predicted molar refractivity (Wildman–Crippen MR) is 73.0 cm³/mol. The number of nitrogens with zero attached hydrogens (tertiary/aromatic N) is 2. The summed E-state index contributed by atoms with van der Waals surface area (Å²) < 4.78 is 0. The van der Waals surface area contributed by atoms with Crippen molar-refractivity contribution >= 4 is 11.5 Å². The van der Waals surface area contributed by atoms with Crippen molar-refractivity contribution in [3.8, 4) is 6.07 Å². The fourth-order valence-corrected chi connectivity index (χ4v) is 2.87. The van der Waals surface area contributed by atoms with E-state index < -0.39 is 0 Å². The van der Waals surface area contributed by atoms with E-state index in [1.165, 1.54) is 19.3 Å². The van der Waals surface area contributed by atoms with Gasteiger partial charge in [0, 0.05) is 12.2 Å². The molecule has 0 saturated heterocycles. The molecule has 1 aromatic rings. The number of nitrogens with two attached hydrogens (primary N) is 1. The zero-order valence-electron chi connectivity index (χ0n) is 11.0. The van der Waals surface area contributed by atoms with Crippen molar-refractivity contribution in [1.82, 2.24) is 4.98 Å². The molecule has 1 aromatic heterocycles. The van der Waals surface area contributed by atoms with Crippen LogP contribution in [0.4, 0.5) is 11.5 Å². The van der Waals surface area contributed by atoms with Crippen LogP contribution in [0.25, 0.3) is 0 Å². The average molecular weight is 244 g/mol. The average Bonchev–Trinajstić information content (AvgIpc) is 2.73. The van der Waals surface area contributed by atoms with Crippen LogP contribution in [0.5, 0.6) is 0 Å². The molecule has 18 heavy (non-hydrogen) atoms. The predicted octanol–water partition coefficient (Wildman–Crippen LogP) is 2.77. The summed E-state index contributed by atoms with van der Waals surface area (Å²) >= 11 is 0. The second-order valence-corrected chi connectivity index (χ2v) is 5.13. The van der Waals surface area contributed by atoms with Gasteiger partial charge in [0.15, 0.2) is 0 Å². The number of nitrogen functional groups attached to an aromatic ring is 1.